The van der Waals surface area contributed by atoms with E-state index in [-0.39, 0.29) is 18.9 Å². The van der Waals surface area contributed by atoms with Crippen molar-refractivity contribution in [2.24, 2.45) is 11.7 Å². The van der Waals surface area contributed by atoms with Gasteiger partial charge in [-0.2, -0.15) is 0 Å². The van der Waals surface area contributed by atoms with Crippen LogP contribution in [0.3, 0.4) is 0 Å². The number of primary amides is 1. The Kier molecular flexibility index (Phi) is 10.9. The van der Waals surface area contributed by atoms with Crippen molar-refractivity contribution in [3.63, 3.8) is 0 Å². The number of fused-ring (bicyclic) bond motifs is 1. The summed E-state index contributed by atoms with van der Waals surface area (Å²) in [6.45, 7) is 5.05. The van der Waals surface area contributed by atoms with Gasteiger partial charge < -0.3 is 31.2 Å². The highest BCUT2D eigenvalue weighted by molar-refractivity contribution is 5.94. The Hall–Kier alpha value is -4.38. The molecule has 0 saturated carbocycles. The van der Waals surface area contributed by atoms with Gasteiger partial charge in [0, 0.05) is 30.6 Å². The largest absolute Gasteiger partial charge is 0.445 e. The average Bonchev–Trinajstić information content (AvgIpc) is 3.37. The first-order valence-corrected chi connectivity index (χ1v) is 13.6. The number of aromatic amines is 1. The lowest BCUT2D eigenvalue weighted by Gasteiger charge is -2.32. The second kappa shape index (κ2) is 14.3. The van der Waals surface area contributed by atoms with Crippen molar-refractivity contribution in [1.82, 2.24) is 20.5 Å². The molecular formula is C30H39N5O6. The number of carbonyl (C=O) groups excluding carboxylic acids is 4. The fourth-order valence-electron chi connectivity index (χ4n) is 4.62. The normalized spacial score (nSPS) is 14.8. The monoisotopic (exact) mass is 565 g/mol. The standard InChI is InChI=1S/C30H39N5O6/c1-5-18(2)26(35(4)30(40)41-17-20-11-7-6-8-12-20)29(39)34-25(19(3)36)28(38)33-24(27(31)37)15-21-16-32-23-14-10-9-13-22(21)23/h6-14,16,18-19,24-26,32,36H,5,15,17H2,1-4H3,(H2,31,37)(H,33,38)(H,34,39)/t18-,19+,24-,25-,26-/m0/s1. The zero-order chi connectivity index (χ0) is 30.1. The number of nitrogens with one attached hydrogen (secondary N) is 3. The highest BCUT2D eigenvalue weighted by Crippen LogP contribution is 2.20. The Morgan fingerprint density at radius 2 is 1.66 bits per heavy atom. The maximum Gasteiger partial charge on any atom is 0.410 e. The number of para-hydroxylation sites is 1. The molecule has 0 aliphatic heterocycles. The van der Waals surface area contributed by atoms with E-state index in [4.69, 9.17) is 10.5 Å². The summed E-state index contributed by atoms with van der Waals surface area (Å²) in [5, 5.41) is 16.4. The lowest BCUT2D eigenvalue weighted by atomic mass is 9.96. The molecule has 1 heterocycles. The van der Waals surface area contributed by atoms with E-state index in [2.05, 4.69) is 15.6 Å². The van der Waals surface area contributed by atoms with Gasteiger partial charge >= 0.3 is 6.09 Å². The van der Waals surface area contributed by atoms with Gasteiger partial charge in [0.15, 0.2) is 0 Å². The van der Waals surface area contributed by atoms with Crippen LogP contribution in [0.15, 0.2) is 60.8 Å². The van der Waals surface area contributed by atoms with Gasteiger partial charge in [-0.15, -0.1) is 0 Å². The summed E-state index contributed by atoms with van der Waals surface area (Å²) >= 11 is 0. The number of nitrogens with zero attached hydrogens (tertiary/aromatic N) is 1. The number of rotatable bonds is 13. The first kappa shape index (κ1) is 31.2. The summed E-state index contributed by atoms with van der Waals surface area (Å²) in [6.07, 6.45) is 0.378. The topological polar surface area (TPSA) is 167 Å². The number of nitrogens with two attached hydrogens (primary N) is 1. The molecule has 4 amide bonds. The van der Waals surface area contributed by atoms with Gasteiger partial charge in [0.2, 0.25) is 17.7 Å². The molecule has 0 spiro atoms. The Morgan fingerprint density at radius 1 is 1.00 bits per heavy atom. The average molecular weight is 566 g/mol. The zero-order valence-corrected chi connectivity index (χ0v) is 23.8. The SMILES string of the molecule is CC[C@H](C)[C@@H](C(=O)N[C@H](C(=O)N[C@@H](Cc1c[nH]c2ccccc12)C(N)=O)[C@@H](C)O)N(C)C(=O)OCc1ccccc1. The van der Waals surface area contributed by atoms with E-state index in [0.29, 0.717) is 6.42 Å². The third-order valence-electron chi connectivity index (χ3n) is 7.18. The van der Waals surface area contributed by atoms with E-state index >= 15 is 0 Å². The van der Waals surface area contributed by atoms with E-state index in [1.165, 1.54) is 18.9 Å². The number of benzene rings is 2. The van der Waals surface area contributed by atoms with E-state index in [0.717, 1.165) is 22.0 Å². The van der Waals surface area contributed by atoms with E-state index in [1.807, 2.05) is 61.5 Å². The van der Waals surface area contributed by atoms with Gasteiger partial charge in [-0.3, -0.25) is 19.3 Å². The predicted molar refractivity (Wildman–Crippen MR) is 154 cm³/mol. The number of ether oxygens (including phenoxy) is 1. The van der Waals surface area contributed by atoms with Crippen LogP contribution in [-0.2, 0) is 32.1 Å². The summed E-state index contributed by atoms with van der Waals surface area (Å²) in [7, 11) is 1.45. The van der Waals surface area contributed by atoms with E-state index in [1.54, 1.807) is 13.1 Å². The number of H-pyrrole nitrogens is 1. The first-order valence-electron chi connectivity index (χ1n) is 13.6. The predicted octanol–water partition coefficient (Wildman–Crippen LogP) is 2.23. The quantitative estimate of drug-likeness (QED) is 0.213. The molecule has 11 nitrogen and oxygen atoms in total. The summed E-state index contributed by atoms with van der Waals surface area (Å²) in [6, 6.07) is 13.1. The van der Waals surface area contributed by atoms with Crippen LogP contribution >= 0.6 is 0 Å². The number of carbonyl (C=O) groups is 4. The van der Waals surface area contributed by atoms with Crippen LogP contribution in [-0.4, -0.2) is 70.1 Å². The van der Waals surface area contributed by atoms with Gasteiger partial charge in [-0.25, -0.2) is 4.79 Å². The molecule has 0 bridgehead atoms. The number of likely N-dealkylation sites (N-methyl/N-ethyl adjacent to an activating group) is 1. The van der Waals surface area contributed by atoms with Crippen LogP contribution in [0.5, 0.6) is 0 Å². The van der Waals surface area contributed by atoms with Crippen LogP contribution < -0.4 is 16.4 Å². The van der Waals surface area contributed by atoms with Crippen molar-refractivity contribution in [2.45, 2.75) is 64.4 Å². The fourth-order valence-corrected chi connectivity index (χ4v) is 4.62. The van der Waals surface area contributed by atoms with Crippen LogP contribution in [0.4, 0.5) is 4.79 Å². The minimum atomic E-state index is -1.41. The first-order chi connectivity index (χ1) is 19.5. The number of aliphatic hydroxyl groups is 1. The lowest BCUT2D eigenvalue weighted by Crippen LogP contribution is -2.60. The van der Waals surface area contributed by atoms with Crippen molar-refractivity contribution in [2.75, 3.05) is 7.05 Å². The third kappa shape index (κ3) is 8.07. The second-order valence-corrected chi connectivity index (χ2v) is 10.2. The zero-order valence-electron chi connectivity index (χ0n) is 23.8. The summed E-state index contributed by atoms with van der Waals surface area (Å²) in [4.78, 5) is 56.1. The second-order valence-electron chi connectivity index (χ2n) is 10.2. The highest BCUT2D eigenvalue weighted by Gasteiger charge is 2.36. The Labute approximate surface area is 239 Å². The molecule has 11 heteroatoms. The van der Waals surface area contributed by atoms with Crippen molar-refractivity contribution in [1.29, 1.82) is 0 Å². The molecule has 5 atom stereocenters. The number of amides is 4. The Balaban J connectivity index is 1.71. The molecule has 0 aliphatic rings. The van der Waals surface area contributed by atoms with Gasteiger partial charge in [-0.1, -0.05) is 68.8 Å². The Bertz CT molecular complexity index is 1340. The minimum Gasteiger partial charge on any atom is -0.445 e. The molecule has 41 heavy (non-hydrogen) atoms. The van der Waals surface area contributed by atoms with Crippen molar-refractivity contribution in [3.05, 3.63) is 71.9 Å². The van der Waals surface area contributed by atoms with E-state index in [9.17, 15) is 24.3 Å². The summed E-state index contributed by atoms with van der Waals surface area (Å²) in [5.74, 6) is -2.50. The van der Waals surface area contributed by atoms with Gasteiger partial charge in [0.05, 0.1) is 6.10 Å². The number of hydrogen-bond acceptors (Lipinski definition) is 6. The molecule has 0 aliphatic carbocycles. The Morgan fingerprint density at radius 3 is 2.29 bits per heavy atom. The smallest absolute Gasteiger partial charge is 0.410 e. The molecule has 0 unspecified atom stereocenters. The van der Waals surface area contributed by atoms with Crippen LogP contribution in [0.1, 0.15) is 38.3 Å². The third-order valence-corrected chi connectivity index (χ3v) is 7.18. The maximum atomic E-state index is 13.5. The van der Waals surface area contributed by atoms with Crippen molar-refractivity contribution < 1.29 is 29.0 Å². The molecular weight excluding hydrogens is 526 g/mol. The van der Waals surface area contributed by atoms with Gasteiger partial charge in [-0.05, 0) is 30.0 Å². The summed E-state index contributed by atoms with van der Waals surface area (Å²) < 4.78 is 5.40. The maximum absolute atomic E-state index is 13.5. The molecule has 0 saturated heterocycles. The minimum absolute atomic E-state index is 0.0303. The number of aliphatic hydroxyl groups excluding tert-OH is 1. The molecule has 3 aromatic rings. The molecule has 220 valence electrons. The lowest BCUT2D eigenvalue weighted by molar-refractivity contribution is -0.136. The molecule has 3 rings (SSSR count). The molecule has 0 fully saturated rings. The van der Waals surface area contributed by atoms with E-state index < -0.39 is 48.0 Å². The molecule has 1 aromatic heterocycles. The fraction of sp³-hybridized carbons (Fsp3) is 0.400. The van der Waals surface area contributed by atoms with Crippen LogP contribution in [0, 0.1) is 5.92 Å². The molecule has 6 N–H and O–H groups in total. The van der Waals surface area contributed by atoms with Gasteiger partial charge in [0.25, 0.3) is 0 Å². The number of hydrogen-bond donors (Lipinski definition) is 5. The molecule has 0 radical (unpaired) electrons. The van der Waals surface area contributed by atoms with Crippen LogP contribution in [0.2, 0.25) is 0 Å². The van der Waals surface area contributed by atoms with Crippen molar-refractivity contribution in [3.8, 4) is 0 Å². The summed E-state index contributed by atoms with van der Waals surface area (Å²) in [5.41, 5.74) is 8.04. The number of aromatic nitrogens is 1. The van der Waals surface area contributed by atoms with Crippen molar-refractivity contribution >= 4 is 34.7 Å². The van der Waals surface area contributed by atoms with Crippen LogP contribution in [0.25, 0.3) is 10.9 Å². The van der Waals surface area contributed by atoms with Gasteiger partial charge in [0.1, 0.15) is 24.7 Å². The highest BCUT2D eigenvalue weighted by atomic mass is 16.6. The molecule has 2 aromatic carbocycles.